The van der Waals surface area contributed by atoms with Crippen LogP contribution in [0.1, 0.15) is 15.9 Å². The van der Waals surface area contributed by atoms with Crippen LogP contribution in [-0.2, 0) is 0 Å². The van der Waals surface area contributed by atoms with Crippen molar-refractivity contribution in [1.29, 1.82) is 0 Å². The van der Waals surface area contributed by atoms with Crippen LogP contribution >= 0.6 is 15.9 Å². The molecular formula is C20H14BrN3O2. The van der Waals surface area contributed by atoms with E-state index in [-0.39, 0.29) is 5.56 Å². The van der Waals surface area contributed by atoms with E-state index in [2.05, 4.69) is 21.0 Å². The quantitative estimate of drug-likeness (QED) is 0.526. The van der Waals surface area contributed by atoms with Gasteiger partial charge in [-0.05, 0) is 31.2 Å². The highest BCUT2D eigenvalue weighted by molar-refractivity contribution is 9.10. The van der Waals surface area contributed by atoms with Crippen LogP contribution in [0.2, 0.25) is 0 Å². The van der Waals surface area contributed by atoms with Crippen molar-refractivity contribution in [3.8, 4) is 16.9 Å². The first-order chi connectivity index (χ1) is 12.5. The SMILES string of the molecule is Cc1ccc(-c2nc3ccc(Br)cc3c(C(=O)O)c2-n2cccn2)cc1. The molecule has 0 aliphatic rings. The normalized spacial score (nSPS) is 11.0. The van der Waals surface area contributed by atoms with Crippen LogP contribution in [0, 0.1) is 6.92 Å². The average Bonchev–Trinajstić information content (AvgIpc) is 3.15. The minimum atomic E-state index is -1.02. The maximum atomic E-state index is 12.2. The van der Waals surface area contributed by atoms with Crippen molar-refractivity contribution in [3.05, 3.63) is 76.5 Å². The topological polar surface area (TPSA) is 68.0 Å². The standard InChI is InChI=1S/C20H14BrN3O2/c1-12-3-5-13(6-4-12)18-19(24-10-2-9-22-24)17(20(25)26)15-11-14(21)7-8-16(15)23-18/h2-11H,1H3,(H,25,26). The predicted octanol–water partition coefficient (Wildman–Crippen LogP) is 4.86. The number of aromatic nitrogens is 3. The lowest BCUT2D eigenvalue weighted by Crippen LogP contribution is -2.10. The minimum Gasteiger partial charge on any atom is -0.478 e. The second-order valence-corrected chi connectivity index (χ2v) is 6.88. The van der Waals surface area contributed by atoms with E-state index < -0.39 is 5.97 Å². The van der Waals surface area contributed by atoms with Crippen molar-refractivity contribution in [2.24, 2.45) is 0 Å². The number of carboxylic acids is 1. The fourth-order valence-corrected chi connectivity index (χ4v) is 3.34. The molecule has 0 radical (unpaired) electrons. The third-order valence-corrected chi connectivity index (χ3v) is 4.69. The van der Waals surface area contributed by atoms with Crippen molar-refractivity contribution in [3.63, 3.8) is 0 Å². The summed E-state index contributed by atoms with van der Waals surface area (Å²) in [5.41, 5.74) is 3.80. The fraction of sp³-hybridized carbons (Fsp3) is 0.0500. The number of hydrogen-bond acceptors (Lipinski definition) is 3. The smallest absolute Gasteiger partial charge is 0.338 e. The lowest BCUT2D eigenvalue weighted by Gasteiger charge is -2.15. The average molecular weight is 408 g/mol. The molecule has 0 spiro atoms. The summed E-state index contributed by atoms with van der Waals surface area (Å²) in [7, 11) is 0. The summed E-state index contributed by atoms with van der Waals surface area (Å²) in [6.45, 7) is 2.01. The lowest BCUT2D eigenvalue weighted by molar-refractivity contribution is 0.0699. The molecule has 0 unspecified atom stereocenters. The number of hydrogen-bond donors (Lipinski definition) is 1. The molecule has 6 heteroatoms. The van der Waals surface area contributed by atoms with E-state index in [1.54, 1.807) is 29.2 Å². The first-order valence-electron chi connectivity index (χ1n) is 7.98. The molecule has 0 bridgehead atoms. The van der Waals surface area contributed by atoms with Gasteiger partial charge in [-0.15, -0.1) is 0 Å². The van der Waals surface area contributed by atoms with E-state index in [9.17, 15) is 9.90 Å². The minimum absolute atomic E-state index is 0.176. The predicted molar refractivity (Wildman–Crippen MR) is 104 cm³/mol. The molecule has 0 aliphatic heterocycles. The second kappa shape index (κ2) is 6.38. The van der Waals surface area contributed by atoms with Gasteiger partial charge in [0.05, 0.1) is 16.8 Å². The first-order valence-corrected chi connectivity index (χ1v) is 8.77. The highest BCUT2D eigenvalue weighted by Crippen LogP contribution is 2.34. The van der Waals surface area contributed by atoms with Crippen molar-refractivity contribution in [2.75, 3.05) is 0 Å². The molecule has 128 valence electrons. The lowest BCUT2D eigenvalue weighted by atomic mass is 10.0. The summed E-state index contributed by atoms with van der Waals surface area (Å²) < 4.78 is 2.36. The van der Waals surface area contributed by atoms with E-state index >= 15 is 0 Å². The molecule has 2 aromatic carbocycles. The number of fused-ring (bicyclic) bond motifs is 1. The van der Waals surface area contributed by atoms with Gasteiger partial charge in [-0.1, -0.05) is 45.8 Å². The summed E-state index contributed by atoms with van der Waals surface area (Å²) in [5.74, 6) is -1.02. The van der Waals surface area contributed by atoms with Crippen molar-refractivity contribution >= 4 is 32.8 Å². The van der Waals surface area contributed by atoms with Gasteiger partial charge in [0.2, 0.25) is 0 Å². The van der Waals surface area contributed by atoms with Gasteiger partial charge in [0.1, 0.15) is 5.69 Å². The zero-order valence-electron chi connectivity index (χ0n) is 13.8. The third kappa shape index (κ3) is 2.78. The Hall–Kier alpha value is -2.99. The van der Waals surface area contributed by atoms with Gasteiger partial charge < -0.3 is 5.11 Å². The Balaban J connectivity index is 2.16. The van der Waals surface area contributed by atoms with Crippen LogP contribution in [0.4, 0.5) is 0 Å². The highest BCUT2D eigenvalue weighted by atomic mass is 79.9. The van der Waals surface area contributed by atoms with Crippen molar-refractivity contribution in [1.82, 2.24) is 14.8 Å². The number of aryl methyl sites for hydroxylation is 1. The molecule has 4 rings (SSSR count). The summed E-state index contributed by atoms with van der Waals surface area (Å²) in [5, 5.41) is 14.8. The zero-order chi connectivity index (χ0) is 18.3. The molecule has 4 aromatic rings. The summed E-state index contributed by atoms with van der Waals surface area (Å²) in [4.78, 5) is 17.0. The maximum Gasteiger partial charge on any atom is 0.338 e. The Kier molecular flexibility index (Phi) is 4.05. The Morgan fingerprint density at radius 3 is 2.58 bits per heavy atom. The van der Waals surface area contributed by atoms with E-state index in [1.807, 2.05) is 43.3 Å². The van der Waals surface area contributed by atoms with E-state index in [1.165, 1.54) is 0 Å². The molecule has 0 atom stereocenters. The molecule has 0 fully saturated rings. The number of rotatable bonds is 3. The number of carboxylic acid groups (broad SMARTS) is 1. The van der Waals surface area contributed by atoms with Crippen LogP contribution in [0.3, 0.4) is 0 Å². The van der Waals surface area contributed by atoms with Crippen LogP contribution in [0.15, 0.2) is 65.4 Å². The number of aromatic carboxylic acids is 1. The van der Waals surface area contributed by atoms with Crippen LogP contribution in [0.25, 0.3) is 27.8 Å². The van der Waals surface area contributed by atoms with Gasteiger partial charge in [-0.25, -0.2) is 14.5 Å². The Bertz CT molecular complexity index is 1120. The third-order valence-electron chi connectivity index (χ3n) is 4.19. The van der Waals surface area contributed by atoms with E-state index in [0.29, 0.717) is 22.3 Å². The Morgan fingerprint density at radius 1 is 1.15 bits per heavy atom. The molecule has 0 amide bonds. The van der Waals surface area contributed by atoms with Crippen LogP contribution < -0.4 is 0 Å². The molecule has 0 saturated heterocycles. The Morgan fingerprint density at radius 2 is 1.92 bits per heavy atom. The number of carbonyl (C=O) groups is 1. The molecule has 26 heavy (non-hydrogen) atoms. The molecule has 0 saturated carbocycles. The number of halogens is 1. The monoisotopic (exact) mass is 407 g/mol. The van der Waals surface area contributed by atoms with Crippen molar-refractivity contribution < 1.29 is 9.90 Å². The summed E-state index contributed by atoms with van der Waals surface area (Å²) in [6, 6.07) is 15.1. The van der Waals surface area contributed by atoms with E-state index in [4.69, 9.17) is 4.98 Å². The molecule has 1 N–H and O–H groups in total. The van der Waals surface area contributed by atoms with Gasteiger partial charge in [0.25, 0.3) is 0 Å². The molecular weight excluding hydrogens is 394 g/mol. The summed E-state index contributed by atoms with van der Waals surface area (Å²) in [6.07, 6.45) is 3.35. The second-order valence-electron chi connectivity index (χ2n) is 5.97. The molecule has 2 aromatic heterocycles. The number of benzene rings is 2. The van der Waals surface area contributed by atoms with Crippen molar-refractivity contribution in [2.45, 2.75) is 6.92 Å². The van der Waals surface area contributed by atoms with E-state index in [0.717, 1.165) is 15.6 Å². The largest absolute Gasteiger partial charge is 0.478 e. The fourth-order valence-electron chi connectivity index (χ4n) is 2.98. The zero-order valence-corrected chi connectivity index (χ0v) is 15.4. The maximum absolute atomic E-state index is 12.2. The number of pyridine rings is 1. The number of nitrogens with zero attached hydrogens (tertiary/aromatic N) is 3. The first kappa shape index (κ1) is 16.5. The molecule has 5 nitrogen and oxygen atoms in total. The van der Waals surface area contributed by atoms with Gasteiger partial charge in [0.15, 0.2) is 0 Å². The molecule has 0 aliphatic carbocycles. The van der Waals surface area contributed by atoms with Crippen LogP contribution in [0.5, 0.6) is 0 Å². The van der Waals surface area contributed by atoms with Gasteiger partial charge in [0, 0.05) is 27.8 Å². The van der Waals surface area contributed by atoms with Gasteiger partial charge in [-0.3, -0.25) is 0 Å². The summed E-state index contributed by atoms with van der Waals surface area (Å²) >= 11 is 3.42. The van der Waals surface area contributed by atoms with Gasteiger partial charge in [-0.2, -0.15) is 5.10 Å². The van der Waals surface area contributed by atoms with Gasteiger partial charge >= 0.3 is 5.97 Å². The highest BCUT2D eigenvalue weighted by Gasteiger charge is 2.23. The van der Waals surface area contributed by atoms with Crippen LogP contribution in [-0.4, -0.2) is 25.8 Å². The molecule has 2 heterocycles. The Labute approximate surface area is 158 Å².